The first kappa shape index (κ1) is 19.9. The fourth-order valence-corrected chi connectivity index (χ4v) is 3.58. The first-order chi connectivity index (χ1) is 14.5. The lowest BCUT2D eigenvalue weighted by atomic mass is 9.99. The number of ether oxygens (including phenoxy) is 1. The van der Waals surface area contributed by atoms with Gasteiger partial charge in [-0.15, -0.1) is 15.3 Å². The molecule has 1 aromatic carbocycles. The van der Waals surface area contributed by atoms with E-state index in [0.717, 1.165) is 36.1 Å². The maximum atomic E-state index is 12.5. The number of carbonyl (C=O) groups excluding carboxylic acids is 1. The normalized spacial score (nSPS) is 14.6. The van der Waals surface area contributed by atoms with E-state index >= 15 is 0 Å². The molecule has 3 aromatic rings. The van der Waals surface area contributed by atoms with Gasteiger partial charge in [-0.2, -0.15) is 0 Å². The third kappa shape index (κ3) is 4.27. The summed E-state index contributed by atoms with van der Waals surface area (Å²) in [5.41, 5.74) is 2.81. The average molecular weight is 406 g/mol. The van der Waals surface area contributed by atoms with Gasteiger partial charge in [0.15, 0.2) is 5.82 Å². The van der Waals surface area contributed by atoms with Crippen LogP contribution in [0.3, 0.4) is 0 Å². The van der Waals surface area contributed by atoms with E-state index < -0.39 is 0 Å². The molecule has 30 heavy (non-hydrogen) atoms. The number of amides is 1. The fourth-order valence-electron chi connectivity index (χ4n) is 3.58. The summed E-state index contributed by atoms with van der Waals surface area (Å²) in [6.45, 7) is 4.36. The van der Waals surface area contributed by atoms with E-state index in [-0.39, 0.29) is 5.91 Å². The van der Waals surface area contributed by atoms with Crippen LogP contribution in [-0.2, 0) is 7.05 Å². The molecule has 1 amide bonds. The molecule has 4 rings (SSSR count). The maximum Gasteiger partial charge on any atom is 0.262 e. The Morgan fingerprint density at radius 2 is 1.83 bits per heavy atom. The van der Waals surface area contributed by atoms with Crippen molar-refractivity contribution in [2.45, 2.75) is 19.8 Å². The van der Waals surface area contributed by atoms with Crippen LogP contribution in [0.5, 0.6) is 5.88 Å². The predicted molar refractivity (Wildman–Crippen MR) is 116 cm³/mol. The van der Waals surface area contributed by atoms with E-state index in [4.69, 9.17) is 4.74 Å². The van der Waals surface area contributed by atoms with Gasteiger partial charge in [0.25, 0.3) is 5.91 Å². The van der Waals surface area contributed by atoms with E-state index in [9.17, 15) is 4.79 Å². The highest BCUT2D eigenvalue weighted by Gasteiger charge is 2.18. The van der Waals surface area contributed by atoms with Crippen molar-refractivity contribution < 1.29 is 9.53 Å². The maximum absolute atomic E-state index is 12.5. The van der Waals surface area contributed by atoms with Crippen LogP contribution in [0.1, 0.15) is 30.1 Å². The summed E-state index contributed by atoms with van der Waals surface area (Å²) in [5.74, 6) is 1.74. The van der Waals surface area contributed by atoms with Crippen LogP contribution in [0.4, 0.5) is 11.5 Å². The second-order valence-electron chi connectivity index (χ2n) is 7.70. The summed E-state index contributed by atoms with van der Waals surface area (Å²) in [7, 11) is 3.23. The highest BCUT2D eigenvalue weighted by atomic mass is 16.5. The fraction of sp³-hybridized carbons (Fsp3) is 0.364. The van der Waals surface area contributed by atoms with E-state index in [1.165, 1.54) is 20.0 Å². The quantitative estimate of drug-likeness (QED) is 0.699. The highest BCUT2D eigenvalue weighted by Crippen LogP contribution is 2.24. The van der Waals surface area contributed by atoms with Gasteiger partial charge in [-0.05, 0) is 43.0 Å². The number of nitrogens with zero attached hydrogens (tertiary/aromatic N) is 5. The van der Waals surface area contributed by atoms with Crippen molar-refractivity contribution in [3.05, 3.63) is 48.2 Å². The minimum Gasteiger partial charge on any atom is -0.479 e. The van der Waals surface area contributed by atoms with Crippen LogP contribution < -0.4 is 15.0 Å². The van der Waals surface area contributed by atoms with Gasteiger partial charge in [-0.25, -0.2) is 0 Å². The van der Waals surface area contributed by atoms with Gasteiger partial charge in [-0.3, -0.25) is 9.48 Å². The van der Waals surface area contributed by atoms with Crippen LogP contribution in [0.25, 0.3) is 11.3 Å². The third-order valence-electron chi connectivity index (χ3n) is 5.43. The van der Waals surface area contributed by atoms with Crippen LogP contribution in [0.2, 0.25) is 0 Å². The van der Waals surface area contributed by atoms with Gasteiger partial charge in [0.2, 0.25) is 5.88 Å². The molecule has 8 nitrogen and oxygen atoms in total. The van der Waals surface area contributed by atoms with Crippen molar-refractivity contribution in [1.82, 2.24) is 20.0 Å². The zero-order valence-corrected chi connectivity index (χ0v) is 17.5. The number of piperidine rings is 1. The lowest BCUT2D eigenvalue weighted by molar-refractivity contribution is 0.102. The summed E-state index contributed by atoms with van der Waals surface area (Å²) < 4.78 is 6.69. The van der Waals surface area contributed by atoms with Crippen molar-refractivity contribution in [3.8, 4) is 17.1 Å². The van der Waals surface area contributed by atoms with Gasteiger partial charge in [0.1, 0.15) is 5.56 Å². The standard InChI is InChI=1S/C22H26N6O2/c1-15-10-12-28(13-11-15)20-9-8-19(24-25-20)16-4-6-17(7-5-16)23-21(29)18-14-27(2)26-22(18)30-3/h4-9,14-15H,10-13H2,1-3H3,(H,23,29). The van der Waals surface area contributed by atoms with Crippen LogP contribution in [-0.4, -0.2) is 46.1 Å². The third-order valence-corrected chi connectivity index (χ3v) is 5.43. The molecule has 1 aliphatic rings. The van der Waals surface area contributed by atoms with Crippen LogP contribution in [0.15, 0.2) is 42.6 Å². The van der Waals surface area contributed by atoms with E-state index in [2.05, 4.69) is 32.4 Å². The van der Waals surface area contributed by atoms with Gasteiger partial charge in [-0.1, -0.05) is 19.1 Å². The van der Waals surface area contributed by atoms with E-state index in [1.54, 1.807) is 17.9 Å². The Morgan fingerprint density at radius 3 is 2.47 bits per heavy atom. The lowest BCUT2D eigenvalue weighted by Crippen LogP contribution is -2.33. The highest BCUT2D eigenvalue weighted by molar-refractivity contribution is 6.05. The number of rotatable bonds is 5. The second kappa shape index (κ2) is 8.52. The molecular weight excluding hydrogens is 380 g/mol. The summed E-state index contributed by atoms with van der Waals surface area (Å²) in [6, 6.07) is 11.6. The van der Waals surface area contributed by atoms with Crippen molar-refractivity contribution in [1.29, 1.82) is 0 Å². The Labute approximate surface area is 175 Å². The molecule has 0 atom stereocenters. The second-order valence-corrected chi connectivity index (χ2v) is 7.70. The summed E-state index contributed by atoms with van der Waals surface area (Å²) in [4.78, 5) is 14.8. The van der Waals surface area contributed by atoms with Gasteiger partial charge >= 0.3 is 0 Å². The number of aromatic nitrogens is 4. The first-order valence-electron chi connectivity index (χ1n) is 10.1. The monoisotopic (exact) mass is 406 g/mol. The Kier molecular flexibility index (Phi) is 5.65. The summed E-state index contributed by atoms with van der Waals surface area (Å²) in [6.07, 6.45) is 4.02. The van der Waals surface area contributed by atoms with Gasteiger partial charge in [0, 0.05) is 37.6 Å². The smallest absolute Gasteiger partial charge is 0.262 e. The minimum atomic E-state index is -0.271. The van der Waals surface area contributed by atoms with Crippen molar-refractivity contribution in [2.24, 2.45) is 13.0 Å². The number of nitrogens with one attached hydrogen (secondary N) is 1. The Bertz CT molecular complexity index is 1010. The Morgan fingerprint density at radius 1 is 1.10 bits per heavy atom. The Hall–Kier alpha value is -3.42. The molecule has 0 spiro atoms. The van der Waals surface area contributed by atoms with Gasteiger partial charge in [0.05, 0.1) is 12.8 Å². The molecule has 0 radical (unpaired) electrons. The SMILES string of the molecule is COc1nn(C)cc1C(=O)Nc1ccc(-c2ccc(N3CCC(C)CC3)nn2)cc1. The van der Waals surface area contributed by atoms with E-state index in [0.29, 0.717) is 17.1 Å². The molecule has 1 N–H and O–H groups in total. The molecule has 0 saturated carbocycles. The molecule has 1 fully saturated rings. The molecule has 0 unspecified atom stereocenters. The number of benzene rings is 1. The molecular formula is C22H26N6O2. The lowest BCUT2D eigenvalue weighted by Gasteiger charge is -2.30. The number of anilines is 2. The molecule has 0 bridgehead atoms. The van der Waals surface area contributed by atoms with Crippen LogP contribution in [0, 0.1) is 5.92 Å². The summed E-state index contributed by atoms with van der Waals surface area (Å²) in [5, 5.41) is 15.8. The van der Waals surface area contributed by atoms with Crippen LogP contribution >= 0.6 is 0 Å². The molecule has 0 aliphatic carbocycles. The van der Waals surface area contributed by atoms with Crippen molar-refractivity contribution in [3.63, 3.8) is 0 Å². The topological polar surface area (TPSA) is 85.2 Å². The van der Waals surface area contributed by atoms with Crippen molar-refractivity contribution in [2.75, 3.05) is 30.4 Å². The number of aryl methyl sites for hydroxylation is 1. The minimum absolute atomic E-state index is 0.271. The first-order valence-corrected chi connectivity index (χ1v) is 10.1. The average Bonchev–Trinajstić information content (AvgIpc) is 3.16. The number of methoxy groups -OCH3 is 1. The largest absolute Gasteiger partial charge is 0.479 e. The Balaban J connectivity index is 1.42. The molecule has 8 heteroatoms. The molecule has 3 heterocycles. The molecule has 1 saturated heterocycles. The zero-order valence-electron chi connectivity index (χ0n) is 17.5. The summed E-state index contributed by atoms with van der Waals surface area (Å²) >= 11 is 0. The van der Waals surface area contributed by atoms with E-state index in [1.807, 2.05) is 36.4 Å². The number of carbonyl (C=O) groups is 1. The zero-order chi connectivity index (χ0) is 21.1. The van der Waals surface area contributed by atoms with Crippen molar-refractivity contribution >= 4 is 17.4 Å². The molecule has 1 aliphatic heterocycles. The molecule has 156 valence electrons. The van der Waals surface area contributed by atoms with Gasteiger partial charge < -0.3 is 15.0 Å². The number of hydrogen-bond donors (Lipinski definition) is 1. The molecule has 2 aromatic heterocycles. The number of hydrogen-bond acceptors (Lipinski definition) is 6. The predicted octanol–water partition coefficient (Wildman–Crippen LogP) is 3.37.